The van der Waals surface area contributed by atoms with Crippen LogP contribution in [0.1, 0.15) is 43.5 Å². The van der Waals surface area contributed by atoms with Crippen LogP contribution in [-0.2, 0) is 5.41 Å². The summed E-state index contributed by atoms with van der Waals surface area (Å²) < 4.78 is 0. The largest absolute Gasteiger partial charge is 0.325 e. The Bertz CT molecular complexity index is 864. The number of anilines is 2. The molecule has 1 aromatic carbocycles. The fourth-order valence-electron chi connectivity index (χ4n) is 5.70. The third-order valence-corrected chi connectivity index (χ3v) is 7.95. The van der Waals surface area contributed by atoms with Crippen molar-refractivity contribution in [2.24, 2.45) is 17.8 Å². The lowest BCUT2D eigenvalue weighted by molar-refractivity contribution is -0.00555. The van der Waals surface area contributed by atoms with E-state index in [4.69, 9.17) is 23.2 Å². The molecule has 4 aliphatic carbocycles. The van der Waals surface area contributed by atoms with Gasteiger partial charge in [0, 0.05) is 10.4 Å². The molecule has 1 heterocycles. The summed E-state index contributed by atoms with van der Waals surface area (Å²) in [4.78, 5) is 12.3. The Balaban J connectivity index is 1.29. The smallest absolute Gasteiger partial charge is 0.306 e. The zero-order chi connectivity index (χ0) is 18.6. The van der Waals surface area contributed by atoms with Gasteiger partial charge in [-0.1, -0.05) is 34.5 Å². The Labute approximate surface area is 171 Å². The highest BCUT2D eigenvalue weighted by Gasteiger charge is 2.53. The minimum Gasteiger partial charge on any atom is -0.306 e. The van der Waals surface area contributed by atoms with Crippen molar-refractivity contribution in [1.82, 2.24) is 10.2 Å². The number of amides is 2. The van der Waals surface area contributed by atoms with Gasteiger partial charge < -0.3 is 5.32 Å². The fraction of sp³-hybridized carbons (Fsp3) is 0.526. The first-order valence-electron chi connectivity index (χ1n) is 9.36. The highest BCUT2D eigenvalue weighted by molar-refractivity contribution is 7.15. The van der Waals surface area contributed by atoms with E-state index in [2.05, 4.69) is 20.8 Å². The molecule has 0 saturated heterocycles. The fourth-order valence-corrected chi connectivity index (χ4v) is 7.11. The lowest BCUT2D eigenvalue weighted by Crippen LogP contribution is -2.48. The number of benzene rings is 1. The van der Waals surface area contributed by atoms with Crippen LogP contribution < -0.4 is 10.6 Å². The van der Waals surface area contributed by atoms with Gasteiger partial charge in [0.2, 0.25) is 5.13 Å². The summed E-state index contributed by atoms with van der Waals surface area (Å²) in [5.41, 5.74) is 0.701. The minimum absolute atomic E-state index is 0.197. The first-order chi connectivity index (χ1) is 13.0. The molecule has 27 heavy (non-hydrogen) atoms. The number of rotatable bonds is 3. The number of nitrogens with one attached hydrogen (secondary N) is 2. The number of aromatic nitrogens is 2. The van der Waals surface area contributed by atoms with Crippen molar-refractivity contribution in [3.8, 4) is 0 Å². The van der Waals surface area contributed by atoms with Gasteiger partial charge in [-0.05, 0) is 74.5 Å². The molecule has 4 fully saturated rings. The molecule has 142 valence electrons. The molecular weight excluding hydrogens is 403 g/mol. The maximum absolute atomic E-state index is 12.3. The van der Waals surface area contributed by atoms with Crippen LogP contribution in [0.5, 0.6) is 0 Å². The molecule has 1 aromatic heterocycles. The van der Waals surface area contributed by atoms with Gasteiger partial charge in [0.15, 0.2) is 0 Å². The standard InChI is InChI=1S/C19H20Cl2N4OS/c20-13-1-2-15(14(21)6-13)22-17(26)23-18-25-24-16(27-18)19-7-10-3-11(8-19)5-12(4-10)9-19/h1-2,6,10-12H,3-5,7-9H2,(H2,22,23,25,26). The quantitative estimate of drug-likeness (QED) is 0.641. The van der Waals surface area contributed by atoms with E-state index in [9.17, 15) is 4.79 Å². The van der Waals surface area contributed by atoms with Crippen LogP contribution in [-0.4, -0.2) is 16.2 Å². The zero-order valence-corrected chi connectivity index (χ0v) is 17.0. The Morgan fingerprint density at radius 2 is 1.70 bits per heavy atom. The number of carbonyl (C=O) groups is 1. The Kier molecular flexibility index (Phi) is 4.33. The van der Waals surface area contributed by atoms with E-state index < -0.39 is 0 Å². The second-order valence-corrected chi connectivity index (χ2v) is 10.1. The van der Waals surface area contributed by atoms with E-state index in [1.165, 1.54) is 49.9 Å². The lowest BCUT2D eigenvalue weighted by atomic mass is 9.50. The molecule has 2 aromatic rings. The molecule has 6 rings (SSSR count). The summed E-state index contributed by atoms with van der Waals surface area (Å²) in [6.07, 6.45) is 7.90. The van der Waals surface area contributed by atoms with Crippen LogP contribution in [0.2, 0.25) is 10.0 Å². The number of carbonyl (C=O) groups excluding carboxylic acids is 1. The molecule has 0 radical (unpaired) electrons. The van der Waals surface area contributed by atoms with Crippen LogP contribution in [0.15, 0.2) is 18.2 Å². The van der Waals surface area contributed by atoms with Crippen molar-refractivity contribution in [3.63, 3.8) is 0 Å². The van der Waals surface area contributed by atoms with E-state index in [1.54, 1.807) is 18.2 Å². The Hall–Kier alpha value is -1.37. The molecule has 4 bridgehead atoms. The highest BCUT2D eigenvalue weighted by atomic mass is 35.5. The number of halogens is 2. The molecular formula is C19H20Cl2N4OS. The molecule has 2 N–H and O–H groups in total. The van der Waals surface area contributed by atoms with Crippen LogP contribution in [0.4, 0.5) is 15.6 Å². The summed E-state index contributed by atoms with van der Waals surface area (Å²) in [6.45, 7) is 0. The third-order valence-electron chi connectivity index (χ3n) is 6.32. The maximum Gasteiger partial charge on any atom is 0.325 e. The van der Waals surface area contributed by atoms with Gasteiger partial charge in [0.1, 0.15) is 5.01 Å². The van der Waals surface area contributed by atoms with Gasteiger partial charge >= 0.3 is 6.03 Å². The van der Waals surface area contributed by atoms with Crippen LogP contribution >= 0.6 is 34.5 Å². The lowest BCUT2D eigenvalue weighted by Gasteiger charge is -2.55. The molecule has 0 unspecified atom stereocenters. The average molecular weight is 423 g/mol. The predicted molar refractivity (Wildman–Crippen MR) is 109 cm³/mol. The summed E-state index contributed by atoms with van der Waals surface area (Å²) in [5.74, 6) is 2.56. The Morgan fingerprint density at radius 3 is 2.33 bits per heavy atom. The Morgan fingerprint density at radius 1 is 1.04 bits per heavy atom. The van der Waals surface area contributed by atoms with Crippen molar-refractivity contribution in [2.75, 3.05) is 10.6 Å². The second kappa shape index (κ2) is 6.61. The summed E-state index contributed by atoms with van der Waals surface area (Å²) in [5, 5.41) is 16.8. The normalized spacial score (nSPS) is 31.1. The van der Waals surface area contributed by atoms with Crippen molar-refractivity contribution >= 4 is 51.4 Å². The topological polar surface area (TPSA) is 66.9 Å². The van der Waals surface area contributed by atoms with Crippen molar-refractivity contribution in [1.29, 1.82) is 0 Å². The number of urea groups is 1. The average Bonchev–Trinajstić information content (AvgIpc) is 3.05. The van der Waals surface area contributed by atoms with Crippen LogP contribution in [0.3, 0.4) is 0 Å². The maximum atomic E-state index is 12.3. The molecule has 8 heteroatoms. The molecule has 2 amide bonds. The zero-order valence-electron chi connectivity index (χ0n) is 14.7. The minimum atomic E-state index is -0.382. The van der Waals surface area contributed by atoms with E-state index in [1.807, 2.05) is 0 Å². The van der Waals surface area contributed by atoms with E-state index in [0.29, 0.717) is 20.9 Å². The highest BCUT2D eigenvalue weighted by Crippen LogP contribution is 2.61. The molecule has 5 nitrogen and oxygen atoms in total. The van der Waals surface area contributed by atoms with Gasteiger partial charge in [-0.25, -0.2) is 4.79 Å². The van der Waals surface area contributed by atoms with Crippen molar-refractivity contribution in [2.45, 2.75) is 43.9 Å². The summed E-state index contributed by atoms with van der Waals surface area (Å²) in [7, 11) is 0. The predicted octanol–water partition coefficient (Wildman–Crippen LogP) is 5.96. The SMILES string of the molecule is O=C(Nc1nnc(C23CC4CC(CC(C4)C2)C3)s1)Nc1ccc(Cl)cc1Cl. The second-order valence-electron chi connectivity index (χ2n) is 8.31. The van der Waals surface area contributed by atoms with Crippen LogP contribution in [0.25, 0.3) is 0 Å². The van der Waals surface area contributed by atoms with E-state index >= 15 is 0 Å². The molecule has 0 aliphatic heterocycles. The van der Waals surface area contributed by atoms with Crippen molar-refractivity contribution in [3.05, 3.63) is 33.3 Å². The molecule has 4 saturated carbocycles. The monoisotopic (exact) mass is 422 g/mol. The van der Waals surface area contributed by atoms with Crippen molar-refractivity contribution < 1.29 is 4.79 Å². The molecule has 0 spiro atoms. The summed E-state index contributed by atoms with van der Waals surface area (Å²) >= 11 is 13.5. The molecule has 4 aliphatic rings. The van der Waals surface area contributed by atoms with Gasteiger partial charge in [0.05, 0.1) is 10.7 Å². The van der Waals surface area contributed by atoms with Crippen LogP contribution in [0, 0.1) is 17.8 Å². The van der Waals surface area contributed by atoms with Gasteiger partial charge in [-0.15, -0.1) is 10.2 Å². The third kappa shape index (κ3) is 3.32. The summed E-state index contributed by atoms with van der Waals surface area (Å²) in [6, 6.07) is 4.56. The number of hydrogen-bond donors (Lipinski definition) is 2. The number of hydrogen-bond acceptors (Lipinski definition) is 4. The van der Waals surface area contributed by atoms with Gasteiger partial charge in [0.25, 0.3) is 0 Å². The van der Waals surface area contributed by atoms with Gasteiger partial charge in [-0.3, -0.25) is 5.32 Å². The first kappa shape index (κ1) is 17.7. The first-order valence-corrected chi connectivity index (χ1v) is 10.9. The van der Waals surface area contributed by atoms with E-state index in [0.717, 1.165) is 22.8 Å². The number of nitrogens with zero attached hydrogens (tertiary/aromatic N) is 2. The molecule has 0 atom stereocenters. The van der Waals surface area contributed by atoms with E-state index in [-0.39, 0.29) is 11.4 Å². The van der Waals surface area contributed by atoms with Gasteiger partial charge in [-0.2, -0.15) is 0 Å².